The van der Waals surface area contributed by atoms with Crippen molar-refractivity contribution in [1.29, 1.82) is 0 Å². The molecule has 0 saturated carbocycles. The maximum Gasteiger partial charge on any atom is 0.277 e. The smallest absolute Gasteiger partial charge is 0.277 e. The van der Waals surface area contributed by atoms with Crippen molar-refractivity contribution in [3.63, 3.8) is 0 Å². The summed E-state index contributed by atoms with van der Waals surface area (Å²) >= 11 is 6.24. The quantitative estimate of drug-likeness (QED) is 0.656. The molecule has 2 amide bonds. The van der Waals surface area contributed by atoms with Gasteiger partial charge in [0.2, 0.25) is 0 Å². The Morgan fingerprint density at radius 3 is 2.14 bits per heavy atom. The lowest BCUT2D eigenvalue weighted by Gasteiger charge is -2.18. The molecule has 0 aliphatic carbocycles. The molecule has 1 aliphatic rings. The van der Waals surface area contributed by atoms with Crippen LogP contribution in [0.4, 0.5) is 5.69 Å². The summed E-state index contributed by atoms with van der Waals surface area (Å²) < 4.78 is 16.2. The molecule has 6 nitrogen and oxygen atoms in total. The van der Waals surface area contributed by atoms with E-state index in [1.54, 1.807) is 49.6 Å². The van der Waals surface area contributed by atoms with Crippen molar-refractivity contribution >= 4 is 34.7 Å². The first-order valence-electron chi connectivity index (χ1n) is 8.84. The summed E-state index contributed by atoms with van der Waals surface area (Å²) in [5, 5.41) is -0.123. The fourth-order valence-corrected chi connectivity index (χ4v) is 3.20. The predicted molar refractivity (Wildman–Crippen MR) is 107 cm³/mol. The number of benzene rings is 2. The second kappa shape index (κ2) is 8.35. The molecule has 146 valence electrons. The molecule has 0 spiro atoms. The van der Waals surface area contributed by atoms with Crippen molar-refractivity contribution < 1.29 is 23.8 Å². The molecule has 0 radical (unpaired) electrons. The number of hydrogen-bond donors (Lipinski definition) is 0. The van der Waals surface area contributed by atoms with Gasteiger partial charge in [0.05, 0.1) is 31.6 Å². The number of carbonyl (C=O) groups is 2. The minimum Gasteiger partial charge on any atom is -0.497 e. The maximum absolute atomic E-state index is 13.0. The van der Waals surface area contributed by atoms with Crippen molar-refractivity contribution in [2.45, 2.75) is 13.8 Å². The van der Waals surface area contributed by atoms with Gasteiger partial charge in [0.25, 0.3) is 11.8 Å². The first-order chi connectivity index (χ1) is 13.5. The SMILES string of the molecule is CCOc1ccc(N2C(=O)C(Cl)=C(c3ccc(OC)cc3)C2=O)cc1OCC. The zero-order chi connectivity index (χ0) is 20.3. The van der Waals surface area contributed by atoms with Gasteiger partial charge in [-0.15, -0.1) is 0 Å². The molecule has 7 heteroatoms. The van der Waals surface area contributed by atoms with E-state index in [0.717, 1.165) is 4.90 Å². The highest BCUT2D eigenvalue weighted by molar-refractivity contribution is 6.60. The van der Waals surface area contributed by atoms with Gasteiger partial charge in [-0.3, -0.25) is 9.59 Å². The molecule has 0 N–H and O–H groups in total. The van der Waals surface area contributed by atoms with E-state index in [4.69, 9.17) is 25.8 Å². The summed E-state index contributed by atoms with van der Waals surface area (Å²) in [6.45, 7) is 4.59. The fourth-order valence-electron chi connectivity index (χ4n) is 2.92. The highest BCUT2D eigenvalue weighted by Crippen LogP contribution is 2.38. The van der Waals surface area contributed by atoms with Crippen molar-refractivity contribution in [2.24, 2.45) is 0 Å². The second-order valence-corrected chi connectivity index (χ2v) is 6.24. The van der Waals surface area contributed by atoms with Gasteiger partial charge >= 0.3 is 0 Å². The predicted octanol–water partition coefficient (Wildman–Crippen LogP) is 4.02. The maximum atomic E-state index is 13.0. The van der Waals surface area contributed by atoms with Crippen LogP contribution in [0.5, 0.6) is 17.2 Å². The van der Waals surface area contributed by atoms with Gasteiger partial charge in [-0.25, -0.2) is 4.90 Å². The molecule has 1 heterocycles. The number of anilines is 1. The Labute approximate surface area is 168 Å². The lowest BCUT2D eigenvalue weighted by atomic mass is 10.1. The highest BCUT2D eigenvalue weighted by Gasteiger charge is 2.39. The average molecular weight is 402 g/mol. The van der Waals surface area contributed by atoms with E-state index in [0.29, 0.717) is 41.7 Å². The lowest BCUT2D eigenvalue weighted by Crippen LogP contribution is -2.31. The molecular weight excluding hydrogens is 382 g/mol. The van der Waals surface area contributed by atoms with Crippen molar-refractivity contribution in [1.82, 2.24) is 0 Å². The number of methoxy groups -OCH3 is 1. The summed E-state index contributed by atoms with van der Waals surface area (Å²) in [6, 6.07) is 11.7. The van der Waals surface area contributed by atoms with Gasteiger partial charge in [0, 0.05) is 6.07 Å². The van der Waals surface area contributed by atoms with Crippen molar-refractivity contribution in [2.75, 3.05) is 25.2 Å². The number of imide groups is 1. The standard InChI is InChI=1S/C21H20ClNO5/c1-4-27-16-11-8-14(12-17(16)28-5-2)23-20(24)18(19(22)21(23)25)13-6-9-15(26-3)10-7-13/h6-12H,4-5H2,1-3H3. The van der Waals surface area contributed by atoms with Crippen LogP contribution in [0.3, 0.4) is 0 Å². The van der Waals surface area contributed by atoms with Gasteiger partial charge in [0.1, 0.15) is 10.8 Å². The number of hydrogen-bond acceptors (Lipinski definition) is 5. The van der Waals surface area contributed by atoms with E-state index >= 15 is 0 Å². The summed E-state index contributed by atoms with van der Waals surface area (Å²) in [5.41, 5.74) is 1.06. The van der Waals surface area contributed by atoms with E-state index in [2.05, 4.69) is 0 Å². The molecule has 0 saturated heterocycles. The van der Waals surface area contributed by atoms with Crippen molar-refractivity contribution in [3.05, 3.63) is 53.1 Å². The average Bonchev–Trinajstić information content (AvgIpc) is 2.92. The van der Waals surface area contributed by atoms with E-state index < -0.39 is 11.8 Å². The number of carbonyl (C=O) groups excluding carboxylic acids is 2. The first-order valence-corrected chi connectivity index (χ1v) is 9.22. The third-order valence-corrected chi connectivity index (χ3v) is 4.54. The summed E-state index contributed by atoms with van der Waals surface area (Å²) in [7, 11) is 1.55. The molecule has 0 atom stereocenters. The van der Waals surface area contributed by atoms with E-state index in [1.807, 2.05) is 13.8 Å². The Morgan fingerprint density at radius 2 is 1.54 bits per heavy atom. The van der Waals surface area contributed by atoms with Crippen LogP contribution < -0.4 is 19.1 Å². The van der Waals surface area contributed by atoms with Crippen LogP contribution in [0.25, 0.3) is 5.57 Å². The number of amides is 2. The van der Waals surface area contributed by atoms with Gasteiger partial charge in [-0.05, 0) is 43.7 Å². The van der Waals surface area contributed by atoms with Gasteiger partial charge in [-0.2, -0.15) is 0 Å². The Bertz CT molecular complexity index is 936. The summed E-state index contributed by atoms with van der Waals surface area (Å²) in [5.74, 6) is 0.566. The molecule has 0 aromatic heterocycles. The zero-order valence-electron chi connectivity index (χ0n) is 15.8. The minimum atomic E-state index is -0.580. The molecule has 3 rings (SSSR count). The normalized spacial score (nSPS) is 13.9. The zero-order valence-corrected chi connectivity index (χ0v) is 16.6. The van der Waals surface area contributed by atoms with Crippen LogP contribution in [-0.4, -0.2) is 32.1 Å². The van der Waals surface area contributed by atoms with Gasteiger partial charge < -0.3 is 14.2 Å². The van der Waals surface area contributed by atoms with E-state index in [9.17, 15) is 9.59 Å². The van der Waals surface area contributed by atoms with Crippen LogP contribution in [-0.2, 0) is 9.59 Å². The molecule has 0 bridgehead atoms. The molecule has 28 heavy (non-hydrogen) atoms. The lowest BCUT2D eigenvalue weighted by molar-refractivity contribution is -0.119. The third kappa shape index (κ3) is 3.55. The largest absolute Gasteiger partial charge is 0.497 e. The summed E-state index contributed by atoms with van der Waals surface area (Å²) in [6.07, 6.45) is 0. The third-order valence-electron chi connectivity index (χ3n) is 4.19. The monoisotopic (exact) mass is 401 g/mol. The molecule has 0 fully saturated rings. The molecule has 0 unspecified atom stereocenters. The molecular formula is C21H20ClNO5. The minimum absolute atomic E-state index is 0.123. The van der Waals surface area contributed by atoms with Crippen LogP contribution in [0.15, 0.2) is 47.5 Å². The molecule has 1 aliphatic heterocycles. The number of rotatable bonds is 7. The number of ether oxygens (including phenoxy) is 3. The van der Waals surface area contributed by atoms with Crippen molar-refractivity contribution in [3.8, 4) is 17.2 Å². The Balaban J connectivity index is 1.97. The Kier molecular flexibility index (Phi) is 5.90. The molecule has 2 aromatic rings. The van der Waals surface area contributed by atoms with Crippen LogP contribution in [0.1, 0.15) is 19.4 Å². The van der Waals surface area contributed by atoms with Gasteiger partial charge in [0.15, 0.2) is 11.5 Å². The molecule has 2 aromatic carbocycles. The number of halogens is 1. The second-order valence-electron chi connectivity index (χ2n) is 5.86. The van der Waals surface area contributed by atoms with Crippen LogP contribution in [0, 0.1) is 0 Å². The van der Waals surface area contributed by atoms with Gasteiger partial charge in [-0.1, -0.05) is 23.7 Å². The first kappa shape index (κ1) is 19.8. The van der Waals surface area contributed by atoms with E-state index in [-0.39, 0.29) is 10.6 Å². The topological polar surface area (TPSA) is 65.1 Å². The fraction of sp³-hybridized carbons (Fsp3) is 0.238. The van der Waals surface area contributed by atoms with Crippen LogP contribution >= 0.6 is 11.6 Å². The Hall–Kier alpha value is -2.99. The number of nitrogens with zero attached hydrogens (tertiary/aromatic N) is 1. The van der Waals surface area contributed by atoms with Crippen LogP contribution in [0.2, 0.25) is 0 Å². The highest BCUT2D eigenvalue weighted by atomic mass is 35.5. The van der Waals surface area contributed by atoms with E-state index in [1.165, 1.54) is 0 Å². The Morgan fingerprint density at radius 1 is 0.893 bits per heavy atom. The summed E-state index contributed by atoms with van der Waals surface area (Å²) in [4.78, 5) is 26.8.